The van der Waals surface area contributed by atoms with Crippen LogP contribution in [-0.4, -0.2) is 64.2 Å². The summed E-state index contributed by atoms with van der Waals surface area (Å²) in [6.07, 6.45) is 3.88. The third-order valence-electron chi connectivity index (χ3n) is 3.54. The first-order valence-electron chi connectivity index (χ1n) is 8.54. The zero-order valence-electron chi connectivity index (χ0n) is 15.2. The summed E-state index contributed by atoms with van der Waals surface area (Å²) < 4.78 is 10.8. The Labute approximate surface area is 156 Å². The molecule has 0 aromatic carbocycles. The number of ether oxygens (including phenoxy) is 2. The first-order valence-corrected chi connectivity index (χ1v) is 9.30. The van der Waals surface area contributed by atoms with E-state index in [1.807, 2.05) is 7.05 Å². The highest BCUT2D eigenvalue weighted by Crippen LogP contribution is 2.18. The molecule has 2 unspecified atom stereocenters. The number of nitrogens with two attached hydrogens (primary N) is 2. The van der Waals surface area contributed by atoms with E-state index >= 15 is 0 Å². The first-order chi connectivity index (χ1) is 11.4. The second kappa shape index (κ2) is 15.2. The number of hydrogen-bond donors (Lipinski definition) is 3. The molecule has 1 rings (SSSR count). The van der Waals surface area contributed by atoms with Gasteiger partial charge in [-0.3, -0.25) is 0 Å². The van der Waals surface area contributed by atoms with E-state index in [0.717, 1.165) is 45.7 Å². The largest absolute Gasteiger partial charge is 0.388 e. The molecule has 1 aliphatic heterocycles. The van der Waals surface area contributed by atoms with Crippen LogP contribution in [0.5, 0.6) is 0 Å². The molecule has 1 heterocycles. The average molecular weight is 385 g/mol. The molecule has 1 saturated heterocycles. The van der Waals surface area contributed by atoms with Crippen LogP contribution in [0.25, 0.3) is 0 Å². The molecule has 144 valence electrons. The van der Waals surface area contributed by atoms with Gasteiger partial charge in [-0.25, -0.2) is 0 Å². The maximum absolute atomic E-state index is 5.78. The van der Waals surface area contributed by atoms with E-state index in [0.29, 0.717) is 0 Å². The Kier molecular flexibility index (Phi) is 15.1. The third-order valence-corrected chi connectivity index (χ3v) is 4.26. The molecule has 0 aromatic heterocycles. The number of nitrogens with one attached hydrogen (secondary N) is 1. The second-order valence-corrected chi connectivity index (χ2v) is 6.66. The summed E-state index contributed by atoms with van der Waals surface area (Å²) in [5, 5.41) is 3.18. The minimum absolute atomic E-state index is 0.00618. The van der Waals surface area contributed by atoms with E-state index in [4.69, 9.17) is 44.1 Å². The highest BCUT2D eigenvalue weighted by molar-refractivity contribution is 6.39. The molecule has 0 saturated carbocycles. The van der Waals surface area contributed by atoms with Gasteiger partial charge in [-0.1, -0.05) is 36.5 Å². The van der Waals surface area contributed by atoms with Crippen molar-refractivity contribution in [3.63, 3.8) is 0 Å². The van der Waals surface area contributed by atoms with Crippen molar-refractivity contribution >= 4 is 23.2 Å². The third kappa shape index (κ3) is 12.3. The predicted molar refractivity (Wildman–Crippen MR) is 102 cm³/mol. The number of halogens is 2. The van der Waals surface area contributed by atoms with Crippen LogP contribution in [0.1, 0.15) is 32.6 Å². The van der Waals surface area contributed by atoms with Gasteiger partial charge in [0, 0.05) is 19.7 Å². The van der Waals surface area contributed by atoms with Gasteiger partial charge in [-0.2, -0.15) is 0 Å². The molecule has 0 aliphatic carbocycles. The van der Waals surface area contributed by atoms with Gasteiger partial charge in [-0.15, -0.1) is 0 Å². The number of rotatable bonds is 9. The molecule has 0 radical (unpaired) electrons. The van der Waals surface area contributed by atoms with E-state index in [9.17, 15) is 0 Å². The highest BCUT2D eigenvalue weighted by Gasteiger charge is 2.22. The summed E-state index contributed by atoms with van der Waals surface area (Å²) in [5.41, 5.74) is 11.0. The lowest BCUT2D eigenvalue weighted by Gasteiger charge is -2.31. The number of unbranched alkanes of at least 4 members (excludes halogenated alkanes) is 1. The maximum atomic E-state index is 5.78. The van der Waals surface area contributed by atoms with Crippen molar-refractivity contribution in [1.29, 1.82) is 0 Å². The molecule has 24 heavy (non-hydrogen) atoms. The van der Waals surface area contributed by atoms with E-state index in [1.54, 1.807) is 0 Å². The number of likely N-dealkylation sites (N-methyl/N-ethyl adjacent to an activating group) is 2. The summed E-state index contributed by atoms with van der Waals surface area (Å²) in [4.78, 5) is 2.20. The summed E-state index contributed by atoms with van der Waals surface area (Å²) in [7, 11) is 3.98. The maximum Gasteiger partial charge on any atom is 0.145 e. The van der Waals surface area contributed by atoms with Gasteiger partial charge in [0.05, 0.1) is 17.7 Å². The average Bonchev–Trinajstić information content (AvgIpc) is 2.54. The Hall–Kier alpha value is -0.0800. The quantitative estimate of drug-likeness (QED) is 0.320. The Balaban J connectivity index is 0.000000506. The van der Waals surface area contributed by atoms with Crippen LogP contribution in [0.3, 0.4) is 0 Å². The van der Waals surface area contributed by atoms with Crippen molar-refractivity contribution in [2.24, 2.45) is 11.5 Å². The van der Waals surface area contributed by atoms with Gasteiger partial charge in [0.25, 0.3) is 0 Å². The fraction of sp³-hybridized carbons (Fsp3) is 0.875. The zero-order chi connectivity index (χ0) is 18.4. The topological polar surface area (TPSA) is 85.8 Å². The van der Waals surface area contributed by atoms with Crippen molar-refractivity contribution in [2.45, 2.75) is 44.9 Å². The lowest BCUT2D eigenvalue weighted by molar-refractivity contribution is -0.0232. The van der Waals surface area contributed by atoms with Gasteiger partial charge in [0.15, 0.2) is 0 Å². The van der Waals surface area contributed by atoms with Crippen molar-refractivity contribution in [3.05, 3.63) is 10.2 Å². The minimum Gasteiger partial charge on any atom is -0.388 e. The lowest BCUT2D eigenvalue weighted by Crippen LogP contribution is -2.41. The van der Waals surface area contributed by atoms with Crippen LogP contribution in [0.15, 0.2) is 10.2 Å². The van der Waals surface area contributed by atoms with E-state index in [-0.39, 0.29) is 16.3 Å². The monoisotopic (exact) mass is 384 g/mol. The molecule has 0 aromatic rings. The van der Waals surface area contributed by atoms with E-state index < -0.39 is 6.23 Å². The summed E-state index contributed by atoms with van der Waals surface area (Å²) in [6, 6.07) is 0. The summed E-state index contributed by atoms with van der Waals surface area (Å²) >= 11 is 11.3. The minimum atomic E-state index is -0.722. The molecule has 0 spiro atoms. The molecule has 1 aliphatic rings. The molecule has 1 fully saturated rings. The molecule has 8 heteroatoms. The molecule has 6 nitrogen and oxygen atoms in total. The smallest absolute Gasteiger partial charge is 0.145 e. The van der Waals surface area contributed by atoms with E-state index in [1.165, 1.54) is 12.8 Å². The molecule has 0 bridgehead atoms. The molecule has 5 N–H and O–H groups in total. The Morgan fingerprint density at radius 3 is 2.62 bits per heavy atom. The summed E-state index contributed by atoms with van der Waals surface area (Å²) in [5.74, 6) is 0. The standard InChI is InChI=1S/C9H17Cl2N3O.C7H17NO/c1-14-4-2-3-6(5-14)15-9(13)7(10)8(11)12;1-3-4-6-9-7-5-8-2/h6,9H,2-5,12-13H2,1H3;8H,3-7H2,1-2H3/b8-7+;. The predicted octanol–water partition coefficient (Wildman–Crippen LogP) is 2.01. The fourth-order valence-electron chi connectivity index (χ4n) is 2.16. The van der Waals surface area contributed by atoms with Crippen LogP contribution < -0.4 is 16.8 Å². The number of hydrogen-bond acceptors (Lipinski definition) is 6. The van der Waals surface area contributed by atoms with Crippen molar-refractivity contribution in [1.82, 2.24) is 10.2 Å². The Morgan fingerprint density at radius 2 is 2.08 bits per heavy atom. The van der Waals surface area contributed by atoms with Gasteiger partial charge >= 0.3 is 0 Å². The summed E-state index contributed by atoms with van der Waals surface area (Å²) in [6.45, 7) is 6.84. The van der Waals surface area contributed by atoms with Gasteiger partial charge < -0.3 is 31.2 Å². The Bertz CT molecular complexity index is 336. The Morgan fingerprint density at radius 1 is 1.38 bits per heavy atom. The van der Waals surface area contributed by atoms with Gasteiger partial charge in [-0.05, 0) is 39.9 Å². The van der Waals surface area contributed by atoms with Crippen molar-refractivity contribution in [2.75, 3.05) is 46.9 Å². The number of nitrogens with zero attached hydrogens (tertiary/aromatic N) is 1. The molecule has 2 atom stereocenters. The number of piperidine rings is 1. The van der Waals surface area contributed by atoms with Gasteiger partial charge in [0.2, 0.25) is 0 Å². The van der Waals surface area contributed by atoms with Gasteiger partial charge in [0.1, 0.15) is 11.4 Å². The van der Waals surface area contributed by atoms with Crippen LogP contribution in [-0.2, 0) is 9.47 Å². The second-order valence-electron chi connectivity index (χ2n) is 5.85. The molecule has 0 amide bonds. The fourth-order valence-corrected chi connectivity index (χ4v) is 2.31. The zero-order valence-corrected chi connectivity index (χ0v) is 16.7. The highest BCUT2D eigenvalue weighted by atomic mass is 35.5. The van der Waals surface area contributed by atoms with Crippen LogP contribution in [0.4, 0.5) is 0 Å². The lowest BCUT2D eigenvalue weighted by atomic mass is 10.1. The van der Waals surface area contributed by atoms with E-state index in [2.05, 4.69) is 24.2 Å². The van der Waals surface area contributed by atoms with Crippen LogP contribution in [0.2, 0.25) is 0 Å². The van der Waals surface area contributed by atoms with Crippen LogP contribution >= 0.6 is 23.2 Å². The first kappa shape index (κ1) is 23.9. The molecular formula is C16H34Cl2N4O2. The van der Waals surface area contributed by atoms with Crippen LogP contribution in [0, 0.1) is 0 Å². The normalized spacial score (nSPS) is 20.8. The number of likely N-dealkylation sites (tertiary alicyclic amines) is 1. The molecular weight excluding hydrogens is 351 g/mol. The SMILES string of the molecule is CCCCOCCNC.CN1CCCC(OC(N)/C(Cl)=C(\N)Cl)C1. The van der Waals surface area contributed by atoms with Crippen molar-refractivity contribution < 1.29 is 9.47 Å². The van der Waals surface area contributed by atoms with Crippen molar-refractivity contribution in [3.8, 4) is 0 Å².